The molecule has 158 valence electrons. The van der Waals surface area contributed by atoms with Crippen molar-refractivity contribution in [2.24, 2.45) is 22.7 Å². The minimum Gasteiger partial charge on any atom is -0.454 e. The summed E-state index contributed by atoms with van der Waals surface area (Å²) >= 11 is 0. The molecule has 4 aliphatic rings. The second-order valence-electron chi connectivity index (χ2n) is 10.4. The standard InChI is InChI=1S/C24H32O5/c1-14-7-8-20-22(3,4)9-6-10-23(20,5)24(14)21(29-24)16-11-18-19(27-13-26-18)12-17(16)28-15(2)25/h11-12,14,20-21H,6-10,13H2,1-5H3/t14-,20+,21?,23+,24?/m1/s1. The summed E-state index contributed by atoms with van der Waals surface area (Å²) in [5.74, 6) is 2.63. The fourth-order valence-electron chi connectivity index (χ4n) is 7.14. The van der Waals surface area contributed by atoms with Crippen LogP contribution in [-0.4, -0.2) is 18.4 Å². The molecule has 2 aliphatic carbocycles. The first-order valence-electron chi connectivity index (χ1n) is 11.0. The van der Waals surface area contributed by atoms with Crippen molar-refractivity contribution in [3.63, 3.8) is 0 Å². The van der Waals surface area contributed by atoms with Crippen molar-refractivity contribution in [3.05, 3.63) is 17.7 Å². The van der Waals surface area contributed by atoms with Crippen molar-refractivity contribution >= 4 is 5.97 Å². The molecule has 0 aromatic heterocycles. The third kappa shape index (κ3) is 2.59. The molecule has 5 heteroatoms. The lowest BCUT2D eigenvalue weighted by Crippen LogP contribution is -2.56. The predicted molar refractivity (Wildman–Crippen MR) is 108 cm³/mol. The summed E-state index contributed by atoms with van der Waals surface area (Å²) in [6, 6.07) is 3.75. The Hall–Kier alpha value is -1.75. The van der Waals surface area contributed by atoms with Crippen LogP contribution in [0.4, 0.5) is 0 Å². The van der Waals surface area contributed by atoms with Crippen LogP contribution in [-0.2, 0) is 9.53 Å². The molecular weight excluding hydrogens is 368 g/mol. The minimum absolute atomic E-state index is 0.0805. The van der Waals surface area contributed by atoms with E-state index in [4.69, 9.17) is 18.9 Å². The number of epoxide rings is 1. The quantitative estimate of drug-likeness (QED) is 0.377. The molecule has 1 aromatic carbocycles. The zero-order valence-corrected chi connectivity index (χ0v) is 18.2. The number of esters is 1. The average molecular weight is 401 g/mol. The van der Waals surface area contributed by atoms with Crippen molar-refractivity contribution in [2.75, 3.05) is 6.79 Å². The highest BCUT2D eigenvalue weighted by Gasteiger charge is 2.75. The van der Waals surface area contributed by atoms with Gasteiger partial charge >= 0.3 is 5.97 Å². The molecular formula is C24H32O5. The first-order chi connectivity index (χ1) is 13.7. The van der Waals surface area contributed by atoms with Gasteiger partial charge in [0.1, 0.15) is 17.5 Å². The number of carbonyl (C=O) groups excluding carboxylic acids is 1. The van der Waals surface area contributed by atoms with Gasteiger partial charge in [0.15, 0.2) is 11.5 Å². The van der Waals surface area contributed by atoms with Gasteiger partial charge in [0.05, 0.1) is 0 Å². The lowest BCUT2D eigenvalue weighted by Gasteiger charge is -2.58. The van der Waals surface area contributed by atoms with Crippen LogP contribution >= 0.6 is 0 Å². The van der Waals surface area contributed by atoms with Gasteiger partial charge in [-0.25, -0.2) is 0 Å². The van der Waals surface area contributed by atoms with Gasteiger partial charge in [0.25, 0.3) is 0 Å². The second kappa shape index (κ2) is 6.13. The fraction of sp³-hybridized carbons (Fsp3) is 0.708. The Labute approximate surface area is 173 Å². The van der Waals surface area contributed by atoms with Gasteiger partial charge in [-0.3, -0.25) is 4.79 Å². The van der Waals surface area contributed by atoms with Gasteiger partial charge in [-0.2, -0.15) is 0 Å². The van der Waals surface area contributed by atoms with Crippen LogP contribution < -0.4 is 14.2 Å². The molecule has 0 bridgehead atoms. The van der Waals surface area contributed by atoms with Gasteiger partial charge in [-0.15, -0.1) is 0 Å². The maximum absolute atomic E-state index is 11.8. The van der Waals surface area contributed by atoms with Crippen molar-refractivity contribution in [1.29, 1.82) is 0 Å². The van der Waals surface area contributed by atoms with Crippen molar-refractivity contribution in [2.45, 2.75) is 78.4 Å². The lowest BCUT2D eigenvalue weighted by molar-refractivity contribution is -0.131. The SMILES string of the molecule is CC(=O)Oc1cc2c(cc1C1OC13[C@H](C)CC[C@H]1C(C)(C)CCC[C@@]13C)OCO2. The van der Waals surface area contributed by atoms with Crippen LogP contribution in [0.15, 0.2) is 12.1 Å². The molecule has 1 saturated heterocycles. The number of hydrogen-bond acceptors (Lipinski definition) is 5. The van der Waals surface area contributed by atoms with E-state index < -0.39 is 0 Å². The molecule has 1 spiro atoms. The number of ether oxygens (including phenoxy) is 4. The van der Waals surface area contributed by atoms with Crippen molar-refractivity contribution in [1.82, 2.24) is 0 Å². The highest BCUT2D eigenvalue weighted by Crippen LogP contribution is 2.75. The van der Waals surface area contributed by atoms with E-state index in [9.17, 15) is 4.79 Å². The van der Waals surface area contributed by atoms with E-state index in [0.29, 0.717) is 34.5 Å². The van der Waals surface area contributed by atoms with Gasteiger partial charge in [-0.1, -0.05) is 34.1 Å². The average Bonchev–Trinajstić information content (AvgIpc) is 3.22. The fourth-order valence-corrected chi connectivity index (χ4v) is 7.14. The zero-order chi connectivity index (χ0) is 20.6. The van der Waals surface area contributed by atoms with Crippen LogP contribution in [0.1, 0.15) is 78.4 Å². The first-order valence-corrected chi connectivity index (χ1v) is 11.0. The summed E-state index contributed by atoms with van der Waals surface area (Å²) in [5, 5.41) is 0. The maximum Gasteiger partial charge on any atom is 0.308 e. The van der Waals surface area contributed by atoms with E-state index in [1.807, 2.05) is 6.07 Å². The van der Waals surface area contributed by atoms with Gasteiger partial charge in [0.2, 0.25) is 6.79 Å². The third-order valence-electron chi connectivity index (χ3n) is 8.43. The molecule has 2 heterocycles. The molecule has 0 amide bonds. The van der Waals surface area contributed by atoms with Crippen LogP contribution in [0, 0.1) is 22.7 Å². The van der Waals surface area contributed by atoms with E-state index >= 15 is 0 Å². The summed E-state index contributed by atoms with van der Waals surface area (Å²) in [5.41, 5.74) is 1.14. The normalized spacial score (nSPS) is 39.1. The molecule has 1 aromatic rings. The van der Waals surface area contributed by atoms with E-state index in [2.05, 4.69) is 27.7 Å². The highest BCUT2D eigenvalue weighted by atomic mass is 16.7. The summed E-state index contributed by atoms with van der Waals surface area (Å²) in [7, 11) is 0. The first kappa shape index (κ1) is 19.2. The number of hydrogen-bond donors (Lipinski definition) is 0. The Morgan fingerprint density at radius 3 is 2.55 bits per heavy atom. The van der Waals surface area contributed by atoms with Crippen LogP contribution in [0.3, 0.4) is 0 Å². The van der Waals surface area contributed by atoms with Crippen molar-refractivity contribution < 1.29 is 23.7 Å². The summed E-state index contributed by atoms with van der Waals surface area (Å²) in [6.45, 7) is 11.3. The van der Waals surface area contributed by atoms with E-state index in [0.717, 1.165) is 5.56 Å². The molecule has 2 unspecified atom stereocenters. The Morgan fingerprint density at radius 1 is 1.10 bits per heavy atom. The van der Waals surface area contributed by atoms with Crippen molar-refractivity contribution in [3.8, 4) is 17.2 Å². The molecule has 2 saturated carbocycles. The lowest BCUT2D eigenvalue weighted by atomic mass is 9.45. The van der Waals surface area contributed by atoms with Gasteiger partial charge in [0, 0.05) is 24.0 Å². The number of benzene rings is 1. The number of carbonyl (C=O) groups is 1. The number of fused-ring (bicyclic) bond motifs is 3. The predicted octanol–water partition coefficient (Wildman–Crippen LogP) is 5.41. The molecule has 29 heavy (non-hydrogen) atoms. The van der Waals surface area contributed by atoms with Crippen LogP contribution in [0.5, 0.6) is 17.2 Å². The Morgan fingerprint density at radius 2 is 1.83 bits per heavy atom. The second-order valence-corrected chi connectivity index (χ2v) is 10.4. The monoisotopic (exact) mass is 400 g/mol. The molecule has 5 rings (SSSR count). The molecule has 5 nitrogen and oxygen atoms in total. The van der Waals surface area contributed by atoms with Gasteiger partial charge in [-0.05, 0) is 49.0 Å². The number of rotatable bonds is 2. The molecule has 0 N–H and O–H groups in total. The van der Waals surface area contributed by atoms with Crippen LogP contribution in [0.25, 0.3) is 0 Å². The Bertz CT molecular complexity index is 861. The van der Waals surface area contributed by atoms with E-state index in [1.165, 1.54) is 39.0 Å². The summed E-state index contributed by atoms with van der Waals surface area (Å²) in [6.07, 6.45) is 6.07. The molecule has 2 aliphatic heterocycles. The molecule has 3 fully saturated rings. The summed E-state index contributed by atoms with van der Waals surface area (Å²) in [4.78, 5) is 11.8. The summed E-state index contributed by atoms with van der Waals surface area (Å²) < 4.78 is 23.4. The minimum atomic E-state index is -0.334. The molecule has 0 radical (unpaired) electrons. The highest BCUT2D eigenvalue weighted by molar-refractivity contribution is 5.71. The van der Waals surface area contributed by atoms with Gasteiger partial charge < -0.3 is 18.9 Å². The smallest absolute Gasteiger partial charge is 0.308 e. The molecule has 5 atom stereocenters. The zero-order valence-electron chi connectivity index (χ0n) is 18.2. The van der Waals surface area contributed by atoms with E-state index in [1.54, 1.807) is 6.07 Å². The van der Waals surface area contributed by atoms with E-state index in [-0.39, 0.29) is 29.9 Å². The maximum atomic E-state index is 11.8. The Kier molecular flexibility index (Phi) is 4.06. The third-order valence-corrected chi connectivity index (χ3v) is 8.43. The largest absolute Gasteiger partial charge is 0.454 e. The van der Waals surface area contributed by atoms with Crippen LogP contribution in [0.2, 0.25) is 0 Å². The topological polar surface area (TPSA) is 57.3 Å². The Balaban J connectivity index is 1.58.